The summed E-state index contributed by atoms with van der Waals surface area (Å²) < 4.78 is 28.7. The molecular formula is C15H14O5S. The molecule has 0 saturated heterocycles. The number of hydrogen-bond acceptors (Lipinski definition) is 4. The van der Waals surface area contributed by atoms with Gasteiger partial charge in [-0.05, 0) is 35.4 Å². The second-order valence-corrected chi connectivity index (χ2v) is 6.40. The van der Waals surface area contributed by atoms with Crippen molar-refractivity contribution in [2.75, 3.05) is 12.9 Å². The number of ether oxygens (including phenoxy) is 1. The molecule has 2 aromatic carbocycles. The molecule has 0 bridgehead atoms. The second-order valence-electron chi connectivity index (χ2n) is 4.41. The Morgan fingerprint density at radius 3 is 2.33 bits per heavy atom. The number of carboxylic acid groups (broad SMARTS) is 1. The van der Waals surface area contributed by atoms with Crippen molar-refractivity contribution in [3.63, 3.8) is 0 Å². The lowest BCUT2D eigenvalue weighted by molar-refractivity contribution is -0.134. The maximum Gasteiger partial charge on any atom is 0.319 e. The van der Waals surface area contributed by atoms with Crippen LogP contribution < -0.4 is 4.74 Å². The number of sulfone groups is 1. The van der Waals surface area contributed by atoms with Crippen LogP contribution in [0.1, 0.15) is 0 Å². The molecule has 0 unspecified atom stereocenters. The minimum Gasteiger partial charge on any atom is -0.497 e. The van der Waals surface area contributed by atoms with Gasteiger partial charge in [-0.3, -0.25) is 4.79 Å². The molecule has 0 saturated carbocycles. The van der Waals surface area contributed by atoms with E-state index in [0.29, 0.717) is 5.75 Å². The molecule has 0 atom stereocenters. The van der Waals surface area contributed by atoms with E-state index >= 15 is 0 Å². The molecule has 0 aliphatic rings. The van der Waals surface area contributed by atoms with Gasteiger partial charge >= 0.3 is 5.97 Å². The van der Waals surface area contributed by atoms with Crippen LogP contribution in [-0.2, 0) is 14.6 Å². The van der Waals surface area contributed by atoms with Gasteiger partial charge in [0.1, 0.15) is 5.75 Å². The van der Waals surface area contributed by atoms with Gasteiger partial charge in [0.25, 0.3) is 0 Å². The number of methoxy groups -OCH3 is 1. The van der Waals surface area contributed by atoms with Gasteiger partial charge in [-0.1, -0.05) is 24.3 Å². The third-order valence-electron chi connectivity index (χ3n) is 2.93. The number of benzene rings is 2. The van der Waals surface area contributed by atoms with Crippen LogP contribution in [-0.4, -0.2) is 32.4 Å². The molecule has 0 amide bonds. The van der Waals surface area contributed by atoms with Crippen LogP contribution in [0.2, 0.25) is 0 Å². The van der Waals surface area contributed by atoms with Gasteiger partial charge in [-0.2, -0.15) is 0 Å². The van der Waals surface area contributed by atoms with E-state index in [9.17, 15) is 13.2 Å². The van der Waals surface area contributed by atoms with Crippen LogP contribution in [0.15, 0.2) is 53.4 Å². The van der Waals surface area contributed by atoms with Gasteiger partial charge < -0.3 is 9.84 Å². The number of carbonyl (C=O) groups is 1. The van der Waals surface area contributed by atoms with E-state index in [0.717, 1.165) is 11.1 Å². The molecule has 0 aliphatic carbocycles. The van der Waals surface area contributed by atoms with Crippen molar-refractivity contribution >= 4 is 15.8 Å². The van der Waals surface area contributed by atoms with Crippen molar-refractivity contribution < 1.29 is 23.1 Å². The topological polar surface area (TPSA) is 80.7 Å². The molecule has 0 fully saturated rings. The quantitative estimate of drug-likeness (QED) is 0.916. The molecule has 1 N–H and O–H groups in total. The zero-order valence-corrected chi connectivity index (χ0v) is 12.1. The van der Waals surface area contributed by atoms with Gasteiger partial charge in [0, 0.05) is 0 Å². The summed E-state index contributed by atoms with van der Waals surface area (Å²) in [5, 5.41) is 8.61. The zero-order valence-electron chi connectivity index (χ0n) is 11.3. The van der Waals surface area contributed by atoms with Crippen LogP contribution in [0, 0.1) is 0 Å². The summed E-state index contributed by atoms with van der Waals surface area (Å²) in [4.78, 5) is 10.6. The monoisotopic (exact) mass is 306 g/mol. The van der Waals surface area contributed by atoms with Gasteiger partial charge in [0.2, 0.25) is 0 Å². The molecule has 0 aromatic heterocycles. The highest BCUT2D eigenvalue weighted by Crippen LogP contribution is 2.25. The fourth-order valence-corrected chi connectivity index (χ4v) is 2.95. The summed E-state index contributed by atoms with van der Waals surface area (Å²) in [5.41, 5.74) is 1.71. The molecule has 0 spiro atoms. The Bertz CT molecular complexity index is 748. The smallest absolute Gasteiger partial charge is 0.319 e. The first kappa shape index (κ1) is 15.1. The minimum absolute atomic E-state index is 0.00320. The van der Waals surface area contributed by atoms with Gasteiger partial charge in [0.15, 0.2) is 15.6 Å². The molecule has 21 heavy (non-hydrogen) atoms. The average molecular weight is 306 g/mol. The Balaban J connectivity index is 2.32. The lowest BCUT2D eigenvalue weighted by atomic mass is 10.1. The van der Waals surface area contributed by atoms with Crippen LogP contribution in [0.25, 0.3) is 11.1 Å². The lowest BCUT2D eigenvalue weighted by Crippen LogP contribution is -2.15. The SMILES string of the molecule is COc1cccc(-c2ccc(S(=O)(=O)CC(=O)O)cc2)c1. The summed E-state index contributed by atoms with van der Waals surface area (Å²) in [6.45, 7) is 0. The molecule has 5 nitrogen and oxygen atoms in total. The van der Waals surface area contributed by atoms with E-state index in [-0.39, 0.29) is 4.90 Å². The molecule has 2 aromatic rings. The Labute approximate surface area is 122 Å². The first-order valence-corrected chi connectivity index (χ1v) is 7.76. The van der Waals surface area contributed by atoms with Crippen molar-refractivity contribution in [1.82, 2.24) is 0 Å². The van der Waals surface area contributed by atoms with Crippen LogP contribution >= 0.6 is 0 Å². The van der Waals surface area contributed by atoms with Gasteiger partial charge in [0.05, 0.1) is 12.0 Å². The second kappa shape index (κ2) is 5.97. The van der Waals surface area contributed by atoms with E-state index in [1.807, 2.05) is 24.3 Å². The van der Waals surface area contributed by atoms with Crippen LogP contribution in [0.4, 0.5) is 0 Å². The first-order valence-electron chi connectivity index (χ1n) is 6.11. The van der Waals surface area contributed by atoms with Crippen LogP contribution in [0.3, 0.4) is 0 Å². The molecule has 0 radical (unpaired) electrons. The summed E-state index contributed by atoms with van der Waals surface area (Å²) >= 11 is 0. The number of carboxylic acids is 1. The third kappa shape index (κ3) is 3.61. The van der Waals surface area contributed by atoms with E-state index in [1.165, 1.54) is 12.1 Å². The van der Waals surface area contributed by atoms with Crippen LogP contribution in [0.5, 0.6) is 5.75 Å². The Kier molecular flexibility index (Phi) is 4.28. The predicted octanol–water partition coefficient (Wildman–Crippen LogP) is 2.22. The normalized spacial score (nSPS) is 11.1. The molecule has 2 rings (SSSR count). The highest BCUT2D eigenvalue weighted by molar-refractivity contribution is 7.92. The summed E-state index contributed by atoms with van der Waals surface area (Å²) in [7, 11) is -2.23. The Morgan fingerprint density at radius 1 is 1.10 bits per heavy atom. The van der Waals surface area contributed by atoms with Crippen molar-refractivity contribution in [3.8, 4) is 16.9 Å². The summed E-state index contributed by atoms with van der Waals surface area (Å²) in [6, 6.07) is 13.5. The molecule has 0 aliphatic heterocycles. The Morgan fingerprint density at radius 2 is 1.76 bits per heavy atom. The van der Waals surface area contributed by atoms with E-state index < -0.39 is 21.6 Å². The molecule has 110 valence electrons. The Hall–Kier alpha value is -2.34. The van der Waals surface area contributed by atoms with Crippen molar-refractivity contribution in [3.05, 3.63) is 48.5 Å². The fourth-order valence-electron chi connectivity index (χ4n) is 1.90. The van der Waals surface area contributed by atoms with Crippen molar-refractivity contribution in [2.45, 2.75) is 4.90 Å². The number of aliphatic carboxylic acids is 1. The third-order valence-corrected chi connectivity index (χ3v) is 4.55. The van der Waals surface area contributed by atoms with E-state index in [1.54, 1.807) is 19.2 Å². The van der Waals surface area contributed by atoms with Gasteiger partial charge in [-0.15, -0.1) is 0 Å². The van der Waals surface area contributed by atoms with Gasteiger partial charge in [-0.25, -0.2) is 8.42 Å². The maximum atomic E-state index is 11.8. The fraction of sp³-hybridized carbons (Fsp3) is 0.133. The number of hydrogen-bond donors (Lipinski definition) is 1. The predicted molar refractivity (Wildman–Crippen MR) is 78.1 cm³/mol. The molecular weight excluding hydrogens is 292 g/mol. The minimum atomic E-state index is -3.80. The average Bonchev–Trinajstić information content (AvgIpc) is 2.46. The summed E-state index contributed by atoms with van der Waals surface area (Å²) in [5.74, 6) is -1.58. The summed E-state index contributed by atoms with van der Waals surface area (Å²) in [6.07, 6.45) is 0. The number of rotatable bonds is 5. The molecule has 6 heteroatoms. The first-order chi connectivity index (χ1) is 9.92. The van der Waals surface area contributed by atoms with E-state index in [2.05, 4.69) is 0 Å². The standard InChI is InChI=1S/C15H14O5S/c1-20-13-4-2-3-12(9-13)11-5-7-14(8-6-11)21(18,19)10-15(16)17/h2-9H,10H2,1H3,(H,16,17). The van der Waals surface area contributed by atoms with E-state index in [4.69, 9.17) is 9.84 Å². The highest BCUT2D eigenvalue weighted by Gasteiger charge is 2.18. The van der Waals surface area contributed by atoms with Crippen molar-refractivity contribution in [2.24, 2.45) is 0 Å². The zero-order chi connectivity index (χ0) is 15.5. The highest BCUT2D eigenvalue weighted by atomic mass is 32.2. The lowest BCUT2D eigenvalue weighted by Gasteiger charge is -2.06. The molecule has 0 heterocycles. The largest absolute Gasteiger partial charge is 0.497 e. The maximum absolute atomic E-state index is 11.8. The van der Waals surface area contributed by atoms with Crippen molar-refractivity contribution in [1.29, 1.82) is 0 Å².